The van der Waals surface area contributed by atoms with E-state index in [1.807, 2.05) is 25.7 Å². The second kappa shape index (κ2) is 7.22. The van der Waals surface area contributed by atoms with E-state index in [1.165, 1.54) is 0 Å². The zero-order chi connectivity index (χ0) is 16.2. The maximum Gasteiger partial charge on any atom is 0.320 e. The lowest BCUT2D eigenvalue weighted by molar-refractivity contribution is -0.144. The molecule has 0 radical (unpaired) electrons. The van der Waals surface area contributed by atoms with E-state index in [-0.39, 0.29) is 17.5 Å². The Hall–Kier alpha value is -1.14. The van der Waals surface area contributed by atoms with Crippen LogP contribution in [0, 0.1) is 0 Å². The summed E-state index contributed by atoms with van der Waals surface area (Å²) in [6.07, 6.45) is 0.884. The van der Waals surface area contributed by atoms with Gasteiger partial charge in [0.25, 0.3) is 0 Å². The summed E-state index contributed by atoms with van der Waals surface area (Å²) in [7, 11) is 0. The zero-order valence-corrected chi connectivity index (χ0v) is 13.8. The van der Waals surface area contributed by atoms with Crippen LogP contribution in [-0.4, -0.2) is 70.6 Å². The van der Waals surface area contributed by atoms with Gasteiger partial charge in [0.2, 0.25) is 5.91 Å². The molecule has 2 unspecified atom stereocenters. The van der Waals surface area contributed by atoms with Crippen LogP contribution in [0.25, 0.3) is 0 Å². The number of carboxylic acids is 1. The molecule has 0 aromatic rings. The third-order valence-corrected chi connectivity index (χ3v) is 4.53. The standard InChI is InChI=1S/C15H29N3O3/c1-6-15(4,5)16-13(19)11(2)17-7-9-18(10-8-17)12(3)14(20)21/h11-12H,6-10H2,1-5H3,(H,16,19)(H,20,21). The van der Waals surface area contributed by atoms with Crippen molar-refractivity contribution in [2.24, 2.45) is 0 Å². The summed E-state index contributed by atoms with van der Waals surface area (Å²) in [6.45, 7) is 12.5. The minimum Gasteiger partial charge on any atom is -0.480 e. The number of hydrogen-bond acceptors (Lipinski definition) is 4. The highest BCUT2D eigenvalue weighted by atomic mass is 16.4. The number of carbonyl (C=O) groups is 2. The van der Waals surface area contributed by atoms with Crippen molar-refractivity contribution in [2.75, 3.05) is 26.2 Å². The molecule has 21 heavy (non-hydrogen) atoms. The lowest BCUT2D eigenvalue weighted by Crippen LogP contribution is -2.58. The van der Waals surface area contributed by atoms with E-state index >= 15 is 0 Å². The number of aliphatic carboxylic acids is 1. The molecule has 0 aromatic heterocycles. The molecule has 122 valence electrons. The minimum absolute atomic E-state index is 0.0431. The molecule has 2 N–H and O–H groups in total. The van der Waals surface area contributed by atoms with Gasteiger partial charge in [0.1, 0.15) is 6.04 Å². The molecule has 0 aromatic carbocycles. The summed E-state index contributed by atoms with van der Waals surface area (Å²) in [6, 6.07) is -0.645. The number of rotatable bonds is 6. The number of hydrogen-bond donors (Lipinski definition) is 2. The minimum atomic E-state index is -0.793. The van der Waals surface area contributed by atoms with Gasteiger partial charge in [-0.1, -0.05) is 6.92 Å². The first kappa shape index (κ1) is 17.9. The first-order valence-corrected chi connectivity index (χ1v) is 7.71. The fourth-order valence-corrected chi connectivity index (χ4v) is 2.36. The maximum absolute atomic E-state index is 12.3. The average Bonchev–Trinajstić information content (AvgIpc) is 2.45. The molecule has 0 bridgehead atoms. The Bertz CT molecular complexity index is 376. The molecule has 1 rings (SSSR count). The molecule has 6 nitrogen and oxygen atoms in total. The maximum atomic E-state index is 12.3. The lowest BCUT2D eigenvalue weighted by atomic mass is 10.0. The van der Waals surface area contributed by atoms with Crippen molar-refractivity contribution in [1.29, 1.82) is 0 Å². The predicted molar refractivity (Wildman–Crippen MR) is 82.2 cm³/mol. The van der Waals surface area contributed by atoms with E-state index in [1.54, 1.807) is 6.92 Å². The van der Waals surface area contributed by atoms with Gasteiger partial charge in [0.15, 0.2) is 0 Å². The third-order valence-electron chi connectivity index (χ3n) is 4.53. The van der Waals surface area contributed by atoms with Gasteiger partial charge < -0.3 is 10.4 Å². The molecule has 0 saturated carbocycles. The molecule has 1 saturated heterocycles. The van der Waals surface area contributed by atoms with Crippen LogP contribution in [0.1, 0.15) is 41.0 Å². The van der Waals surface area contributed by atoms with Crippen LogP contribution in [0.3, 0.4) is 0 Å². The van der Waals surface area contributed by atoms with E-state index in [0.29, 0.717) is 13.1 Å². The Kier molecular flexibility index (Phi) is 6.16. The van der Waals surface area contributed by atoms with Gasteiger partial charge in [-0.3, -0.25) is 19.4 Å². The van der Waals surface area contributed by atoms with Crippen LogP contribution in [0.2, 0.25) is 0 Å². The van der Waals surface area contributed by atoms with Crippen molar-refractivity contribution in [2.45, 2.75) is 58.7 Å². The van der Waals surface area contributed by atoms with Crippen molar-refractivity contribution in [1.82, 2.24) is 15.1 Å². The van der Waals surface area contributed by atoms with Crippen molar-refractivity contribution < 1.29 is 14.7 Å². The van der Waals surface area contributed by atoms with E-state index in [0.717, 1.165) is 19.5 Å². The molecule has 0 aliphatic carbocycles. The summed E-state index contributed by atoms with van der Waals surface area (Å²) >= 11 is 0. The smallest absolute Gasteiger partial charge is 0.320 e. The SMILES string of the molecule is CCC(C)(C)NC(=O)C(C)N1CCN(C(C)C(=O)O)CC1. The van der Waals surface area contributed by atoms with Crippen LogP contribution in [0.5, 0.6) is 0 Å². The number of amides is 1. The number of piperazine rings is 1. The number of nitrogens with zero attached hydrogens (tertiary/aromatic N) is 2. The number of carboxylic acid groups (broad SMARTS) is 1. The topological polar surface area (TPSA) is 72.9 Å². The summed E-state index contributed by atoms with van der Waals surface area (Å²) in [5, 5.41) is 12.1. The molecule has 1 aliphatic rings. The first-order valence-electron chi connectivity index (χ1n) is 7.71. The molecular weight excluding hydrogens is 270 g/mol. The second-order valence-electron chi connectivity index (χ2n) is 6.49. The van der Waals surface area contributed by atoms with Gasteiger partial charge in [-0.2, -0.15) is 0 Å². The van der Waals surface area contributed by atoms with Crippen LogP contribution in [0.4, 0.5) is 0 Å². The van der Waals surface area contributed by atoms with Gasteiger partial charge in [0.05, 0.1) is 6.04 Å². The quantitative estimate of drug-likeness (QED) is 0.758. The molecule has 6 heteroatoms. The van der Waals surface area contributed by atoms with Gasteiger partial charge in [-0.05, 0) is 34.1 Å². The van der Waals surface area contributed by atoms with Gasteiger partial charge >= 0.3 is 5.97 Å². The highest BCUT2D eigenvalue weighted by Gasteiger charge is 2.30. The van der Waals surface area contributed by atoms with Gasteiger partial charge in [-0.25, -0.2) is 0 Å². The Morgan fingerprint density at radius 1 is 1.10 bits per heavy atom. The van der Waals surface area contributed by atoms with Crippen molar-refractivity contribution >= 4 is 11.9 Å². The van der Waals surface area contributed by atoms with Crippen molar-refractivity contribution in [3.05, 3.63) is 0 Å². The molecule has 0 spiro atoms. The van der Waals surface area contributed by atoms with Crippen molar-refractivity contribution in [3.8, 4) is 0 Å². The Morgan fingerprint density at radius 3 is 1.90 bits per heavy atom. The zero-order valence-electron chi connectivity index (χ0n) is 13.8. The number of nitrogens with one attached hydrogen (secondary N) is 1. The van der Waals surface area contributed by atoms with Crippen molar-refractivity contribution in [3.63, 3.8) is 0 Å². The largest absolute Gasteiger partial charge is 0.480 e. The Labute approximate surface area is 127 Å². The van der Waals surface area contributed by atoms with Crippen LogP contribution < -0.4 is 5.32 Å². The first-order chi connectivity index (χ1) is 9.68. The summed E-state index contributed by atoms with van der Waals surface area (Å²) in [5.74, 6) is -0.750. The molecule has 1 fully saturated rings. The van der Waals surface area contributed by atoms with Crippen LogP contribution >= 0.6 is 0 Å². The molecule has 1 amide bonds. The second-order valence-corrected chi connectivity index (χ2v) is 6.49. The Balaban J connectivity index is 2.50. The summed E-state index contributed by atoms with van der Waals surface area (Å²) in [5.41, 5.74) is -0.189. The fraction of sp³-hybridized carbons (Fsp3) is 0.867. The third kappa shape index (κ3) is 4.97. The highest BCUT2D eigenvalue weighted by Crippen LogP contribution is 2.12. The molecule has 1 aliphatic heterocycles. The fourth-order valence-electron chi connectivity index (χ4n) is 2.36. The Morgan fingerprint density at radius 2 is 1.52 bits per heavy atom. The molecular formula is C15H29N3O3. The van der Waals surface area contributed by atoms with E-state index in [4.69, 9.17) is 5.11 Å². The van der Waals surface area contributed by atoms with E-state index in [9.17, 15) is 9.59 Å². The number of carbonyl (C=O) groups excluding carboxylic acids is 1. The molecule has 2 atom stereocenters. The van der Waals surface area contributed by atoms with E-state index in [2.05, 4.69) is 17.1 Å². The summed E-state index contributed by atoms with van der Waals surface area (Å²) < 4.78 is 0. The normalized spacial score (nSPS) is 20.8. The van der Waals surface area contributed by atoms with Gasteiger partial charge in [-0.15, -0.1) is 0 Å². The van der Waals surface area contributed by atoms with Crippen LogP contribution in [-0.2, 0) is 9.59 Å². The predicted octanol–water partition coefficient (Wildman–Crippen LogP) is 0.770. The molecule has 1 heterocycles. The highest BCUT2D eigenvalue weighted by molar-refractivity contribution is 5.82. The summed E-state index contributed by atoms with van der Waals surface area (Å²) in [4.78, 5) is 27.3. The lowest BCUT2D eigenvalue weighted by Gasteiger charge is -2.39. The van der Waals surface area contributed by atoms with Crippen LogP contribution in [0.15, 0.2) is 0 Å². The monoisotopic (exact) mass is 299 g/mol. The van der Waals surface area contributed by atoms with Gasteiger partial charge in [0, 0.05) is 31.7 Å². The van der Waals surface area contributed by atoms with E-state index < -0.39 is 12.0 Å². The average molecular weight is 299 g/mol.